The Kier molecular flexibility index (Phi) is 3.82. The van der Waals surface area contributed by atoms with Gasteiger partial charge in [0, 0.05) is 5.39 Å². The molecule has 0 aliphatic carbocycles. The third kappa shape index (κ3) is 3.03. The molecule has 0 aliphatic rings. The van der Waals surface area contributed by atoms with Crippen LogP contribution in [0.25, 0.3) is 27.8 Å². The molecule has 2 N–H and O–H groups in total. The van der Waals surface area contributed by atoms with E-state index < -0.39 is 46.6 Å². The van der Waals surface area contributed by atoms with Crippen molar-refractivity contribution in [1.82, 2.24) is 24.7 Å². The highest BCUT2D eigenvalue weighted by atomic mass is 19.4. The minimum atomic E-state index is -5.05. The Hall–Kier alpha value is -3.64. The number of benzene rings is 1. The number of aromatic carboxylic acids is 1. The van der Waals surface area contributed by atoms with Crippen LogP contribution in [0.2, 0.25) is 0 Å². The van der Waals surface area contributed by atoms with E-state index in [9.17, 15) is 36.2 Å². The van der Waals surface area contributed by atoms with Crippen molar-refractivity contribution in [3.63, 3.8) is 0 Å². The summed E-state index contributed by atoms with van der Waals surface area (Å²) >= 11 is 0. The predicted molar refractivity (Wildman–Crippen MR) is 85.5 cm³/mol. The molecule has 13 heteroatoms. The molecule has 0 bridgehead atoms. The Morgan fingerprint density at radius 2 is 1.76 bits per heavy atom. The van der Waals surface area contributed by atoms with E-state index in [0.717, 1.165) is 18.2 Å². The molecule has 0 saturated carbocycles. The van der Waals surface area contributed by atoms with Gasteiger partial charge in [0.1, 0.15) is 11.2 Å². The van der Waals surface area contributed by atoms with Crippen LogP contribution in [0.15, 0.2) is 30.5 Å². The van der Waals surface area contributed by atoms with Gasteiger partial charge in [0.15, 0.2) is 5.65 Å². The number of carboxylic acid groups (broad SMARTS) is 1. The molecular weight excluding hydrogens is 408 g/mol. The maximum Gasteiger partial charge on any atom is 0.450 e. The van der Waals surface area contributed by atoms with E-state index >= 15 is 0 Å². The van der Waals surface area contributed by atoms with Gasteiger partial charge in [0.25, 0.3) is 0 Å². The second kappa shape index (κ2) is 5.93. The summed E-state index contributed by atoms with van der Waals surface area (Å²) < 4.78 is 80.1. The maximum atomic E-state index is 13.6. The molecule has 0 fully saturated rings. The predicted octanol–water partition coefficient (Wildman–Crippen LogP) is 4.03. The summed E-state index contributed by atoms with van der Waals surface area (Å²) in [5.74, 6) is -3.01. The van der Waals surface area contributed by atoms with E-state index in [1.165, 1.54) is 6.20 Å². The summed E-state index contributed by atoms with van der Waals surface area (Å²) in [6, 6.07) is 3.30. The Morgan fingerprint density at radius 1 is 1.03 bits per heavy atom. The van der Waals surface area contributed by atoms with Crippen molar-refractivity contribution >= 4 is 28.0 Å². The molecule has 0 aliphatic heterocycles. The van der Waals surface area contributed by atoms with Gasteiger partial charge in [-0.1, -0.05) is 0 Å². The van der Waals surface area contributed by atoms with E-state index in [0.29, 0.717) is 10.6 Å². The Bertz CT molecular complexity index is 1270. The number of hydrogen-bond donors (Lipinski definition) is 2. The van der Waals surface area contributed by atoms with Crippen molar-refractivity contribution in [2.24, 2.45) is 0 Å². The van der Waals surface area contributed by atoms with Crippen LogP contribution >= 0.6 is 0 Å². The summed E-state index contributed by atoms with van der Waals surface area (Å²) in [7, 11) is 0. The molecule has 1 aromatic carbocycles. The number of carbonyl (C=O) groups is 1. The van der Waals surface area contributed by atoms with Gasteiger partial charge in [-0.05, 0) is 24.3 Å². The normalized spacial score (nSPS) is 12.8. The molecule has 7 nitrogen and oxygen atoms in total. The number of rotatable bonds is 2. The van der Waals surface area contributed by atoms with Crippen LogP contribution in [0.4, 0.5) is 26.3 Å². The Balaban J connectivity index is 2.11. The molecule has 0 amide bonds. The molecule has 4 rings (SSSR count). The van der Waals surface area contributed by atoms with E-state index in [4.69, 9.17) is 0 Å². The first-order valence-electron chi connectivity index (χ1n) is 7.71. The highest BCUT2D eigenvalue weighted by Crippen LogP contribution is 2.36. The van der Waals surface area contributed by atoms with E-state index in [1.54, 1.807) is 0 Å². The molecule has 4 aromatic rings. The van der Waals surface area contributed by atoms with Gasteiger partial charge in [-0.25, -0.2) is 14.8 Å². The van der Waals surface area contributed by atoms with Crippen LogP contribution in [0, 0.1) is 0 Å². The lowest BCUT2D eigenvalue weighted by Crippen LogP contribution is -2.15. The fourth-order valence-corrected chi connectivity index (χ4v) is 2.89. The van der Waals surface area contributed by atoms with Crippen LogP contribution in [0.5, 0.6) is 0 Å². The monoisotopic (exact) mass is 415 g/mol. The van der Waals surface area contributed by atoms with Crippen LogP contribution in [-0.2, 0) is 12.4 Å². The van der Waals surface area contributed by atoms with Gasteiger partial charge < -0.3 is 5.11 Å². The number of carboxylic acids is 1. The summed E-state index contributed by atoms with van der Waals surface area (Å²) in [4.78, 5) is 18.2. The zero-order valence-electron chi connectivity index (χ0n) is 13.8. The molecule has 150 valence electrons. The largest absolute Gasteiger partial charge is 0.478 e. The van der Waals surface area contributed by atoms with Crippen LogP contribution in [-0.4, -0.2) is 35.8 Å². The molecule has 3 heterocycles. The number of nitrogens with one attached hydrogen (secondary N) is 1. The lowest BCUT2D eigenvalue weighted by Gasteiger charge is -2.13. The van der Waals surface area contributed by atoms with Crippen LogP contribution < -0.4 is 0 Å². The van der Waals surface area contributed by atoms with Crippen LogP contribution in [0.1, 0.15) is 21.9 Å². The topological polar surface area (TPSA) is 96.7 Å². The number of aromatic amines is 1. The van der Waals surface area contributed by atoms with Crippen molar-refractivity contribution < 1.29 is 36.2 Å². The summed E-state index contributed by atoms with van der Waals surface area (Å²) in [6.45, 7) is 0. The third-order valence-corrected chi connectivity index (χ3v) is 4.07. The van der Waals surface area contributed by atoms with Gasteiger partial charge in [-0.15, -0.1) is 0 Å². The standard InChI is InChI=1S/C16H7F6N5O2/c17-15(18,19)10-2-1-9-12(25-10)27(14(24-9)16(20,21)22)7-3-6-5-23-26-11(6)8(4-7)13(28)29/h1-5H,(H,23,26)(H,28,29). The first-order chi connectivity index (χ1) is 13.5. The Morgan fingerprint density at radius 3 is 2.38 bits per heavy atom. The van der Waals surface area contributed by atoms with Gasteiger partial charge in [-0.3, -0.25) is 9.67 Å². The second-order valence-electron chi connectivity index (χ2n) is 5.94. The van der Waals surface area contributed by atoms with E-state index in [2.05, 4.69) is 20.2 Å². The number of halogens is 6. The van der Waals surface area contributed by atoms with Gasteiger partial charge >= 0.3 is 18.3 Å². The number of nitrogens with zero attached hydrogens (tertiary/aromatic N) is 4. The van der Waals surface area contributed by atoms with Crippen molar-refractivity contribution in [2.75, 3.05) is 0 Å². The molecule has 29 heavy (non-hydrogen) atoms. The van der Waals surface area contributed by atoms with Gasteiger partial charge in [0.2, 0.25) is 5.82 Å². The molecule has 3 aromatic heterocycles. The van der Waals surface area contributed by atoms with Crippen molar-refractivity contribution in [1.29, 1.82) is 0 Å². The van der Waals surface area contributed by atoms with Crippen molar-refractivity contribution in [2.45, 2.75) is 12.4 Å². The number of aromatic nitrogens is 5. The van der Waals surface area contributed by atoms with Gasteiger partial charge in [-0.2, -0.15) is 31.4 Å². The van der Waals surface area contributed by atoms with Crippen molar-refractivity contribution in [3.05, 3.63) is 47.5 Å². The molecule has 0 spiro atoms. The Labute approximate surface area is 155 Å². The van der Waals surface area contributed by atoms with Gasteiger partial charge in [0.05, 0.1) is 23.0 Å². The average Bonchev–Trinajstić information content (AvgIpc) is 3.23. The lowest BCUT2D eigenvalue weighted by atomic mass is 10.1. The molecule has 0 atom stereocenters. The first kappa shape index (κ1) is 18.7. The van der Waals surface area contributed by atoms with E-state index in [1.807, 2.05) is 0 Å². The first-order valence-corrected chi connectivity index (χ1v) is 7.71. The number of fused-ring (bicyclic) bond motifs is 2. The highest BCUT2D eigenvalue weighted by molar-refractivity contribution is 6.03. The number of alkyl halides is 6. The average molecular weight is 415 g/mol. The fraction of sp³-hybridized carbons (Fsp3) is 0.125. The SMILES string of the molecule is O=C(O)c1cc(-n2c(C(F)(F)F)nc3ccc(C(F)(F)F)nc32)cc2cn[nH]c12. The zero-order valence-corrected chi connectivity index (χ0v) is 13.8. The molecule has 0 radical (unpaired) electrons. The van der Waals surface area contributed by atoms with Crippen LogP contribution in [0.3, 0.4) is 0 Å². The lowest BCUT2D eigenvalue weighted by molar-refractivity contribution is -0.145. The molecule has 0 unspecified atom stereocenters. The fourth-order valence-electron chi connectivity index (χ4n) is 2.89. The molecule has 0 saturated heterocycles. The van der Waals surface area contributed by atoms with E-state index in [-0.39, 0.29) is 16.6 Å². The summed E-state index contributed by atoms with van der Waals surface area (Å²) in [5, 5.41) is 15.6. The number of H-pyrrole nitrogens is 1. The second-order valence-corrected chi connectivity index (χ2v) is 5.94. The maximum absolute atomic E-state index is 13.6. The minimum absolute atomic E-state index is 0.0446. The quantitative estimate of drug-likeness (QED) is 0.482. The summed E-state index contributed by atoms with van der Waals surface area (Å²) in [6.07, 6.45) is -8.78. The smallest absolute Gasteiger partial charge is 0.450 e. The molecular formula is C16H7F6N5O2. The van der Waals surface area contributed by atoms with Crippen molar-refractivity contribution in [3.8, 4) is 5.69 Å². The number of pyridine rings is 1. The number of hydrogen-bond acceptors (Lipinski definition) is 4. The highest BCUT2D eigenvalue weighted by Gasteiger charge is 2.40. The third-order valence-electron chi connectivity index (χ3n) is 4.07. The number of imidazole rings is 1. The summed E-state index contributed by atoms with van der Waals surface area (Å²) in [5.41, 5.74) is -3.32. The zero-order chi connectivity index (χ0) is 21.1. The minimum Gasteiger partial charge on any atom is -0.478 e.